The van der Waals surface area contributed by atoms with E-state index < -0.39 is 0 Å². The molecule has 1 fully saturated rings. The third-order valence-corrected chi connectivity index (χ3v) is 6.60. The number of carbonyl (C=O) groups excluding carboxylic acids is 2. The molecule has 0 bridgehead atoms. The average Bonchev–Trinajstić information content (AvgIpc) is 2.89. The number of nitrogens with zero attached hydrogens (tertiary/aromatic N) is 1. The maximum atomic E-state index is 12.6. The molecular formula is C29H34N4O2. The first kappa shape index (κ1) is 24.5. The molecule has 0 unspecified atom stereocenters. The molecule has 6 nitrogen and oxygen atoms in total. The van der Waals surface area contributed by atoms with Gasteiger partial charge < -0.3 is 16.4 Å². The van der Waals surface area contributed by atoms with Gasteiger partial charge >= 0.3 is 0 Å². The van der Waals surface area contributed by atoms with Crippen LogP contribution in [0.3, 0.4) is 0 Å². The number of aryl methyl sites for hydroxylation is 1. The highest BCUT2D eigenvalue weighted by Crippen LogP contribution is 2.19. The second-order valence-electron chi connectivity index (χ2n) is 9.25. The molecule has 182 valence electrons. The molecular weight excluding hydrogens is 436 g/mol. The van der Waals surface area contributed by atoms with E-state index in [9.17, 15) is 9.59 Å². The molecule has 0 radical (unpaired) electrons. The summed E-state index contributed by atoms with van der Waals surface area (Å²) in [5.74, 6) is 0.391. The van der Waals surface area contributed by atoms with Crippen LogP contribution in [0.5, 0.6) is 0 Å². The van der Waals surface area contributed by atoms with Crippen molar-refractivity contribution in [3.8, 4) is 0 Å². The molecule has 4 N–H and O–H groups in total. The average molecular weight is 471 g/mol. The number of hydrogen-bond donors (Lipinski definition) is 3. The zero-order valence-corrected chi connectivity index (χ0v) is 20.1. The molecule has 6 heteroatoms. The summed E-state index contributed by atoms with van der Waals surface area (Å²) in [6.45, 7) is 3.83. The number of amides is 2. The van der Waals surface area contributed by atoms with Crippen LogP contribution in [-0.4, -0.2) is 36.3 Å². The predicted molar refractivity (Wildman–Crippen MR) is 141 cm³/mol. The third-order valence-electron chi connectivity index (χ3n) is 6.60. The van der Waals surface area contributed by atoms with Gasteiger partial charge in [-0.15, -0.1) is 0 Å². The third kappa shape index (κ3) is 7.42. The van der Waals surface area contributed by atoms with Crippen LogP contribution in [0.2, 0.25) is 0 Å². The summed E-state index contributed by atoms with van der Waals surface area (Å²) in [5.41, 5.74) is 10.1. The predicted octanol–water partition coefficient (Wildman–Crippen LogP) is 4.48. The van der Waals surface area contributed by atoms with E-state index in [4.69, 9.17) is 5.73 Å². The molecule has 3 aromatic rings. The summed E-state index contributed by atoms with van der Waals surface area (Å²) in [5, 5.41) is 5.94. The highest BCUT2D eigenvalue weighted by atomic mass is 16.2. The van der Waals surface area contributed by atoms with Crippen LogP contribution in [0.25, 0.3) is 0 Å². The molecule has 0 atom stereocenters. The van der Waals surface area contributed by atoms with Crippen molar-refractivity contribution in [3.05, 3.63) is 95.6 Å². The Morgan fingerprint density at radius 3 is 2.26 bits per heavy atom. The highest BCUT2D eigenvalue weighted by molar-refractivity contribution is 5.94. The second-order valence-corrected chi connectivity index (χ2v) is 9.25. The number of piperidine rings is 1. The highest BCUT2D eigenvalue weighted by Gasteiger charge is 2.20. The summed E-state index contributed by atoms with van der Waals surface area (Å²) >= 11 is 0. The van der Waals surface area contributed by atoms with Gasteiger partial charge in [-0.25, -0.2) is 0 Å². The Hall–Kier alpha value is -3.64. The maximum absolute atomic E-state index is 12.6. The number of benzene rings is 3. The van der Waals surface area contributed by atoms with Crippen LogP contribution < -0.4 is 16.4 Å². The Morgan fingerprint density at radius 1 is 0.857 bits per heavy atom. The summed E-state index contributed by atoms with van der Waals surface area (Å²) in [4.78, 5) is 27.3. The number of anilines is 2. The topological polar surface area (TPSA) is 87.5 Å². The summed E-state index contributed by atoms with van der Waals surface area (Å²) in [6.07, 6.45) is 3.15. The number of nitrogen functional groups attached to an aromatic ring is 1. The van der Waals surface area contributed by atoms with E-state index >= 15 is 0 Å². The Labute approximate surface area is 207 Å². The number of hydrogen-bond acceptors (Lipinski definition) is 4. The minimum absolute atomic E-state index is 0.0411. The van der Waals surface area contributed by atoms with Crippen LogP contribution in [0.15, 0.2) is 78.9 Å². The van der Waals surface area contributed by atoms with E-state index in [-0.39, 0.29) is 11.8 Å². The molecule has 1 aliphatic rings. The first-order valence-corrected chi connectivity index (χ1v) is 12.3. The van der Waals surface area contributed by atoms with Crippen LogP contribution in [0, 0.1) is 5.92 Å². The van der Waals surface area contributed by atoms with Crippen molar-refractivity contribution >= 4 is 23.2 Å². The van der Waals surface area contributed by atoms with Gasteiger partial charge in [0.1, 0.15) is 0 Å². The monoisotopic (exact) mass is 470 g/mol. The lowest BCUT2D eigenvalue weighted by Crippen LogP contribution is -2.38. The first-order chi connectivity index (χ1) is 17.1. The lowest BCUT2D eigenvalue weighted by atomic mass is 9.96. The van der Waals surface area contributed by atoms with Crippen molar-refractivity contribution in [3.63, 3.8) is 0 Å². The SMILES string of the molecule is Nc1ccccc1NC(=O)CCc1ccc(C(=O)NCC2CCN(Cc3ccccc3)CC2)cc1. The summed E-state index contributed by atoms with van der Waals surface area (Å²) < 4.78 is 0. The fourth-order valence-electron chi connectivity index (χ4n) is 4.43. The van der Waals surface area contributed by atoms with Crippen molar-refractivity contribution in [2.45, 2.75) is 32.2 Å². The van der Waals surface area contributed by atoms with Crippen LogP contribution >= 0.6 is 0 Å². The Bertz CT molecular complexity index is 1110. The number of para-hydroxylation sites is 2. The summed E-state index contributed by atoms with van der Waals surface area (Å²) in [7, 11) is 0. The minimum Gasteiger partial charge on any atom is -0.397 e. The van der Waals surface area contributed by atoms with Gasteiger partial charge in [0.15, 0.2) is 0 Å². The standard InChI is InChI=1S/C29H34N4O2/c30-26-8-4-5-9-27(26)32-28(34)15-12-22-10-13-25(14-11-22)29(35)31-20-23-16-18-33(19-17-23)21-24-6-2-1-3-7-24/h1-11,13-14,23H,12,15-21,30H2,(H,31,35)(H,32,34). The van der Waals surface area contributed by atoms with Crippen molar-refractivity contribution in [2.24, 2.45) is 5.92 Å². The zero-order valence-electron chi connectivity index (χ0n) is 20.1. The lowest BCUT2D eigenvalue weighted by Gasteiger charge is -2.32. The number of carbonyl (C=O) groups is 2. The first-order valence-electron chi connectivity index (χ1n) is 12.3. The Kier molecular flexibility index (Phi) is 8.52. The normalized spacial score (nSPS) is 14.4. The van der Waals surface area contributed by atoms with Gasteiger partial charge in [0, 0.05) is 25.1 Å². The molecule has 2 amide bonds. The van der Waals surface area contributed by atoms with Crippen molar-refractivity contribution in [1.29, 1.82) is 0 Å². The van der Waals surface area contributed by atoms with Crippen LogP contribution in [0.4, 0.5) is 11.4 Å². The Balaban J connectivity index is 1.16. The molecule has 0 aliphatic carbocycles. The molecule has 4 rings (SSSR count). The van der Waals surface area contributed by atoms with Crippen molar-refractivity contribution in [2.75, 3.05) is 30.7 Å². The fraction of sp³-hybridized carbons (Fsp3) is 0.310. The molecule has 0 saturated carbocycles. The van der Waals surface area contributed by atoms with E-state index in [1.165, 1.54) is 5.56 Å². The fourth-order valence-corrected chi connectivity index (χ4v) is 4.43. The minimum atomic E-state index is -0.0838. The van der Waals surface area contributed by atoms with Gasteiger partial charge in [-0.05, 0) is 73.7 Å². The number of likely N-dealkylation sites (tertiary alicyclic amines) is 1. The smallest absolute Gasteiger partial charge is 0.251 e. The molecule has 0 aromatic heterocycles. The van der Waals surface area contributed by atoms with E-state index in [0.29, 0.717) is 42.2 Å². The van der Waals surface area contributed by atoms with Gasteiger partial charge in [-0.2, -0.15) is 0 Å². The Morgan fingerprint density at radius 2 is 1.54 bits per heavy atom. The zero-order chi connectivity index (χ0) is 24.5. The van der Waals surface area contributed by atoms with Gasteiger partial charge in [-0.1, -0.05) is 54.6 Å². The van der Waals surface area contributed by atoms with E-state index in [1.807, 2.05) is 36.4 Å². The molecule has 35 heavy (non-hydrogen) atoms. The number of rotatable bonds is 9. The van der Waals surface area contributed by atoms with E-state index in [2.05, 4.69) is 45.9 Å². The second kappa shape index (κ2) is 12.2. The number of nitrogens with one attached hydrogen (secondary N) is 2. The molecule has 3 aromatic carbocycles. The molecule has 1 saturated heterocycles. The molecule has 0 spiro atoms. The lowest BCUT2D eigenvalue weighted by molar-refractivity contribution is -0.116. The summed E-state index contributed by atoms with van der Waals surface area (Å²) in [6, 6.07) is 25.3. The quantitative estimate of drug-likeness (QED) is 0.402. The van der Waals surface area contributed by atoms with E-state index in [0.717, 1.165) is 38.0 Å². The maximum Gasteiger partial charge on any atom is 0.251 e. The largest absolute Gasteiger partial charge is 0.397 e. The molecule has 1 aliphatic heterocycles. The van der Waals surface area contributed by atoms with Crippen molar-refractivity contribution < 1.29 is 9.59 Å². The van der Waals surface area contributed by atoms with Gasteiger partial charge in [-0.3, -0.25) is 14.5 Å². The van der Waals surface area contributed by atoms with Crippen LogP contribution in [0.1, 0.15) is 40.7 Å². The molecule has 1 heterocycles. The van der Waals surface area contributed by atoms with Crippen molar-refractivity contribution in [1.82, 2.24) is 10.2 Å². The van der Waals surface area contributed by atoms with E-state index in [1.54, 1.807) is 12.1 Å². The number of nitrogens with two attached hydrogens (primary N) is 1. The van der Waals surface area contributed by atoms with Gasteiger partial charge in [0.25, 0.3) is 5.91 Å². The van der Waals surface area contributed by atoms with Gasteiger partial charge in [0.2, 0.25) is 5.91 Å². The van der Waals surface area contributed by atoms with Crippen LogP contribution in [-0.2, 0) is 17.8 Å². The van der Waals surface area contributed by atoms with Gasteiger partial charge in [0.05, 0.1) is 11.4 Å².